The number of anilines is 2. The molecule has 0 amide bonds. The number of nitrogen functional groups attached to an aromatic ring is 2. The maximum Gasteiger partial charge on any atom is 0.418 e. The summed E-state index contributed by atoms with van der Waals surface area (Å²) >= 11 is 0. The van der Waals surface area contributed by atoms with E-state index >= 15 is 0 Å². The normalized spacial score (nSPS) is 11.4. The van der Waals surface area contributed by atoms with Crippen LogP contribution in [0.4, 0.5) is 24.5 Å². The second kappa shape index (κ2) is 7.59. The van der Waals surface area contributed by atoms with Crippen LogP contribution in [0.15, 0.2) is 91.0 Å². The first-order valence-corrected chi connectivity index (χ1v) is 9.37. The first-order valence-electron chi connectivity index (χ1n) is 9.37. The van der Waals surface area contributed by atoms with Crippen molar-refractivity contribution in [1.82, 2.24) is 0 Å². The summed E-state index contributed by atoms with van der Waals surface area (Å²) in [4.78, 5) is 0. The smallest absolute Gasteiger partial charge is 0.397 e. The van der Waals surface area contributed by atoms with Gasteiger partial charge in [0.2, 0.25) is 0 Å². The van der Waals surface area contributed by atoms with E-state index in [4.69, 9.17) is 11.5 Å². The lowest BCUT2D eigenvalue weighted by Gasteiger charge is -2.18. The zero-order valence-electron chi connectivity index (χ0n) is 15.9. The van der Waals surface area contributed by atoms with E-state index in [-0.39, 0.29) is 5.69 Å². The second-order valence-corrected chi connectivity index (χ2v) is 6.94. The van der Waals surface area contributed by atoms with Crippen molar-refractivity contribution in [3.05, 3.63) is 96.6 Å². The van der Waals surface area contributed by atoms with E-state index in [1.165, 1.54) is 6.07 Å². The van der Waals surface area contributed by atoms with E-state index in [1.807, 2.05) is 78.9 Å². The molecule has 0 saturated carbocycles. The molecular formula is C25H19F3N2. The Balaban J connectivity index is 1.93. The number of halogens is 3. The molecule has 0 radical (unpaired) electrons. The van der Waals surface area contributed by atoms with Crippen molar-refractivity contribution in [1.29, 1.82) is 0 Å². The van der Waals surface area contributed by atoms with E-state index in [1.54, 1.807) is 0 Å². The van der Waals surface area contributed by atoms with Crippen molar-refractivity contribution in [3.8, 4) is 33.4 Å². The second-order valence-electron chi connectivity index (χ2n) is 6.94. The van der Waals surface area contributed by atoms with Crippen LogP contribution >= 0.6 is 0 Å². The molecule has 0 bridgehead atoms. The highest BCUT2D eigenvalue weighted by atomic mass is 19.4. The predicted octanol–water partition coefficient (Wildman–Crippen LogP) is 6.87. The summed E-state index contributed by atoms with van der Waals surface area (Å²) in [6, 6.07) is 27.7. The minimum atomic E-state index is -4.56. The fourth-order valence-electron chi connectivity index (χ4n) is 3.66. The maximum atomic E-state index is 13.2. The van der Waals surface area contributed by atoms with Gasteiger partial charge in [0.1, 0.15) is 0 Å². The topological polar surface area (TPSA) is 52.0 Å². The lowest BCUT2D eigenvalue weighted by atomic mass is 9.88. The predicted molar refractivity (Wildman–Crippen MR) is 117 cm³/mol. The third-order valence-electron chi connectivity index (χ3n) is 5.11. The summed E-state index contributed by atoms with van der Waals surface area (Å²) < 4.78 is 39.6. The van der Waals surface area contributed by atoms with Gasteiger partial charge in [-0.3, -0.25) is 0 Å². The van der Waals surface area contributed by atoms with Crippen LogP contribution < -0.4 is 11.5 Å². The van der Waals surface area contributed by atoms with E-state index < -0.39 is 17.4 Å². The Labute approximate surface area is 172 Å². The molecule has 4 aromatic carbocycles. The van der Waals surface area contributed by atoms with Crippen molar-refractivity contribution in [2.24, 2.45) is 0 Å². The molecule has 0 spiro atoms. The molecular weight excluding hydrogens is 385 g/mol. The molecule has 4 rings (SSSR count). The highest BCUT2D eigenvalue weighted by Crippen LogP contribution is 2.44. The highest BCUT2D eigenvalue weighted by molar-refractivity contribution is 5.96. The van der Waals surface area contributed by atoms with Crippen LogP contribution in [0, 0.1) is 0 Å². The fraction of sp³-hybridized carbons (Fsp3) is 0.0400. The van der Waals surface area contributed by atoms with Crippen LogP contribution in [-0.4, -0.2) is 0 Å². The third kappa shape index (κ3) is 3.50. The zero-order valence-corrected chi connectivity index (χ0v) is 15.9. The van der Waals surface area contributed by atoms with E-state index in [0.29, 0.717) is 5.56 Å². The fourth-order valence-corrected chi connectivity index (χ4v) is 3.66. The molecule has 0 atom stereocenters. The average molecular weight is 404 g/mol. The summed E-state index contributed by atoms with van der Waals surface area (Å²) in [5, 5.41) is 0. The highest BCUT2D eigenvalue weighted by Gasteiger charge is 2.34. The van der Waals surface area contributed by atoms with Gasteiger partial charge in [-0.25, -0.2) is 0 Å². The van der Waals surface area contributed by atoms with Crippen molar-refractivity contribution in [3.63, 3.8) is 0 Å². The summed E-state index contributed by atoms with van der Waals surface area (Å²) in [7, 11) is 0. The summed E-state index contributed by atoms with van der Waals surface area (Å²) in [5.74, 6) is 0. The van der Waals surface area contributed by atoms with E-state index in [2.05, 4.69) is 0 Å². The molecule has 0 unspecified atom stereocenters. The van der Waals surface area contributed by atoms with Crippen molar-refractivity contribution in [2.45, 2.75) is 6.18 Å². The molecule has 30 heavy (non-hydrogen) atoms. The molecule has 4 aromatic rings. The van der Waals surface area contributed by atoms with Crippen LogP contribution in [0.1, 0.15) is 5.56 Å². The maximum absolute atomic E-state index is 13.2. The standard InChI is InChI=1S/C25H19F3N2/c26-25(27,28)22-15-14-21(23(29)24(22)30)20-13-7-6-12-19(20)18-11-5-4-10-17(18)16-8-2-1-3-9-16/h1-15H,29-30H2. The molecule has 0 heterocycles. The van der Waals surface area contributed by atoms with Gasteiger partial charge in [-0.15, -0.1) is 0 Å². The quantitative estimate of drug-likeness (QED) is 0.366. The number of nitrogens with two attached hydrogens (primary N) is 2. The lowest BCUT2D eigenvalue weighted by Crippen LogP contribution is -2.11. The van der Waals surface area contributed by atoms with Gasteiger partial charge >= 0.3 is 6.18 Å². The Bertz CT molecular complexity index is 1200. The third-order valence-corrected chi connectivity index (χ3v) is 5.11. The summed E-state index contributed by atoms with van der Waals surface area (Å²) in [5.41, 5.74) is 15.5. The molecule has 0 fully saturated rings. The van der Waals surface area contributed by atoms with Gasteiger partial charge in [0.05, 0.1) is 16.9 Å². The van der Waals surface area contributed by atoms with Gasteiger partial charge < -0.3 is 11.5 Å². The van der Waals surface area contributed by atoms with Crippen LogP contribution in [-0.2, 0) is 6.18 Å². The molecule has 150 valence electrons. The van der Waals surface area contributed by atoms with Crippen molar-refractivity contribution in [2.75, 3.05) is 11.5 Å². The summed E-state index contributed by atoms with van der Waals surface area (Å²) in [6.45, 7) is 0. The monoisotopic (exact) mass is 404 g/mol. The van der Waals surface area contributed by atoms with Crippen LogP contribution in [0.5, 0.6) is 0 Å². The summed E-state index contributed by atoms with van der Waals surface area (Å²) in [6.07, 6.45) is -4.56. The Kier molecular flexibility index (Phi) is 4.96. The number of hydrogen-bond donors (Lipinski definition) is 2. The molecule has 2 nitrogen and oxygen atoms in total. The molecule has 4 N–H and O–H groups in total. The van der Waals surface area contributed by atoms with Gasteiger partial charge in [0, 0.05) is 5.56 Å². The van der Waals surface area contributed by atoms with Crippen LogP contribution in [0.3, 0.4) is 0 Å². The number of benzene rings is 4. The number of rotatable bonds is 3. The molecule has 0 aromatic heterocycles. The molecule has 0 aliphatic carbocycles. The van der Waals surface area contributed by atoms with Crippen molar-refractivity contribution >= 4 is 11.4 Å². The van der Waals surface area contributed by atoms with Gasteiger partial charge in [-0.05, 0) is 33.9 Å². The molecule has 0 aliphatic rings. The molecule has 0 aliphatic heterocycles. The SMILES string of the molecule is Nc1c(-c2ccccc2-c2ccccc2-c2ccccc2)ccc(C(F)(F)F)c1N. The van der Waals surface area contributed by atoms with Gasteiger partial charge in [0.15, 0.2) is 0 Å². The van der Waals surface area contributed by atoms with E-state index in [9.17, 15) is 13.2 Å². The lowest BCUT2D eigenvalue weighted by molar-refractivity contribution is -0.136. The Hall–Kier alpha value is -3.73. The first-order chi connectivity index (χ1) is 14.4. The Morgan fingerprint density at radius 3 is 1.50 bits per heavy atom. The van der Waals surface area contributed by atoms with Crippen LogP contribution in [0.25, 0.3) is 33.4 Å². The Morgan fingerprint density at radius 1 is 0.467 bits per heavy atom. The number of hydrogen-bond acceptors (Lipinski definition) is 2. The molecule has 5 heteroatoms. The first kappa shape index (κ1) is 19.6. The minimum Gasteiger partial charge on any atom is -0.397 e. The van der Waals surface area contributed by atoms with Crippen molar-refractivity contribution < 1.29 is 13.2 Å². The number of alkyl halides is 3. The largest absolute Gasteiger partial charge is 0.418 e. The minimum absolute atomic E-state index is 0.0746. The average Bonchev–Trinajstić information content (AvgIpc) is 2.75. The van der Waals surface area contributed by atoms with Gasteiger partial charge in [-0.1, -0.05) is 84.9 Å². The zero-order chi connectivity index (χ0) is 21.3. The van der Waals surface area contributed by atoms with Gasteiger partial charge in [0.25, 0.3) is 0 Å². The molecule has 0 saturated heterocycles. The Morgan fingerprint density at radius 2 is 0.933 bits per heavy atom. The van der Waals surface area contributed by atoms with E-state index in [0.717, 1.165) is 33.9 Å². The van der Waals surface area contributed by atoms with Crippen LogP contribution in [0.2, 0.25) is 0 Å². The van der Waals surface area contributed by atoms with Gasteiger partial charge in [-0.2, -0.15) is 13.2 Å².